The van der Waals surface area contributed by atoms with Gasteiger partial charge in [0, 0.05) is 20.1 Å². The van der Waals surface area contributed by atoms with Crippen LogP contribution in [0.3, 0.4) is 0 Å². The fourth-order valence-corrected chi connectivity index (χ4v) is 2.87. The predicted molar refractivity (Wildman–Crippen MR) is 90.3 cm³/mol. The molecule has 0 aromatic carbocycles. The summed E-state index contributed by atoms with van der Waals surface area (Å²) >= 11 is 1.67. The fraction of sp³-hybridized carbons (Fsp3) is 0.667. The third kappa shape index (κ3) is 8.80. The van der Waals surface area contributed by atoms with Gasteiger partial charge in [-0.15, -0.1) is 0 Å². The van der Waals surface area contributed by atoms with Crippen molar-refractivity contribution in [2.24, 2.45) is 4.99 Å². The van der Waals surface area contributed by atoms with Crippen LogP contribution >= 0.6 is 11.3 Å². The Kier molecular flexibility index (Phi) is 8.40. The Morgan fingerprint density at radius 1 is 1.39 bits per heavy atom. The second-order valence-electron chi connectivity index (χ2n) is 5.54. The summed E-state index contributed by atoms with van der Waals surface area (Å²) in [7, 11) is 3.16. The van der Waals surface area contributed by atoms with Gasteiger partial charge in [0.2, 0.25) is 0 Å². The number of nitrogens with zero attached hydrogens (tertiary/aromatic N) is 2. The summed E-state index contributed by atoms with van der Waals surface area (Å²) in [6.45, 7) is 2.97. The topological polar surface area (TPSA) is 39.7 Å². The third-order valence-corrected chi connectivity index (χ3v) is 4.07. The number of rotatable bonds is 8. The molecule has 2 N–H and O–H groups in total. The molecule has 1 atom stereocenters. The molecular formula is C15H25F3N4S. The van der Waals surface area contributed by atoms with Crippen LogP contribution in [0.4, 0.5) is 13.2 Å². The first kappa shape index (κ1) is 19.8. The van der Waals surface area contributed by atoms with Crippen LogP contribution in [0.25, 0.3) is 0 Å². The zero-order valence-electron chi connectivity index (χ0n) is 13.8. The Bertz CT molecular complexity index is 460. The number of guanidine groups is 1. The van der Waals surface area contributed by atoms with Gasteiger partial charge in [0.1, 0.15) is 0 Å². The van der Waals surface area contributed by atoms with Crippen molar-refractivity contribution in [3.63, 3.8) is 0 Å². The quantitative estimate of drug-likeness (QED) is 0.430. The van der Waals surface area contributed by atoms with Gasteiger partial charge in [0.25, 0.3) is 0 Å². The zero-order chi connectivity index (χ0) is 17.3. The number of thiophene rings is 1. The maximum atomic E-state index is 12.2. The van der Waals surface area contributed by atoms with Crippen LogP contribution in [-0.4, -0.2) is 57.3 Å². The molecule has 0 saturated heterocycles. The van der Waals surface area contributed by atoms with E-state index in [9.17, 15) is 13.2 Å². The lowest BCUT2D eigenvalue weighted by molar-refractivity contribution is -0.143. The monoisotopic (exact) mass is 350 g/mol. The van der Waals surface area contributed by atoms with Crippen molar-refractivity contribution in [1.82, 2.24) is 15.5 Å². The summed E-state index contributed by atoms with van der Waals surface area (Å²) in [5.41, 5.74) is 1.28. The fourth-order valence-electron chi connectivity index (χ4n) is 2.08. The molecule has 1 rings (SSSR count). The molecule has 8 heteroatoms. The highest BCUT2D eigenvalue weighted by atomic mass is 32.1. The van der Waals surface area contributed by atoms with Crippen LogP contribution < -0.4 is 10.6 Å². The minimum absolute atomic E-state index is 0.373. The van der Waals surface area contributed by atoms with E-state index in [0.29, 0.717) is 31.4 Å². The van der Waals surface area contributed by atoms with Crippen LogP contribution in [0, 0.1) is 0 Å². The van der Waals surface area contributed by atoms with Gasteiger partial charge in [0.15, 0.2) is 5.96 Å². The summed E-state index contributed by atoms with van der Waals surface area (Å²) < 4.78 is 36.6. The van der Waals surface area contributed by atoms with Crippen LogP contribution in [0.1, 0.15) is 24.8 Å². The Hall–Kier alpha value is -1.28. The zero-order valence-corrected chi connectivity index (χ0v) is 14.6. The number of alkyl halides is 3. The minimum atomic E-state index is -4.14. The summed E-state index contributed by atoms with van der Waals surface area (Å²) in [6.07, 6.45) is -3.52. The van der Waals surface area contributed by atoms with Gasteiger partial charge in [-0.2, -0.15) is 24.5 Å². The molecule has 1 unspecified atom stereocenters. The van der Waals surface area contributed by atoms with E-state index in [-0.39, 0.29) is 0 Å². The first-order valence-corrected chi connectivity index (χ1v) is 8.48. The standard InChI is InChI=1S/C15H25F3N4S/c1-12(13-5-8-23-10-13)9-21-14(19-2)20-6-4-7-22(3)11-15(16,17)18/h5,8,10,12H,4,6-7,9,11H2,1-3H3,(H2,19,20,21). The first-order valence-electron chi connectivity index (χ1n) is 7.53. The molecule has 0 saturated carbocycles. The van der Waals surface area contributed by atoms with Crippen molar-refractivity contribution in [1.29, 1.82) is 0 Å². The highest BCUT2D eigenvalue weighted by Crippen LogP contribution is 2.17. The van der Waals surface area contributed by atoms with Crippen molar-refractivity contribution >= 4 is 17.3 Å². The second-order valence-corrected chi connectivity index (χ2v) is 6.32. The normalized spacial score (nSPS) is 14.1. The van der Waals surface area contributed by atoms with Gasteiger partial charge in [-0.05, 0) is 48.3 Å². The van der Waals surface area contributed by atoms with Crippen molar-refractivity contribution in [2.75, 3.05) is 40.3 Å². The van der Waals surface area contributed by atoms with E-state index in [1.165, 1.54) is 17.5 Å². The molecule has 0 bridgehead atoms. The third-order valence-electron chi connectivity index (χ3n) is 3.37. The molecule has 23 heavy (non-hydrogen) atoms. The molecule has 0 amide bonds. The summed E-state index contributed by atoms with van der Waals surface area (Å²) in [5, 5.41) is 10.5. The van der Waals surface area contributed by atoms with E-state index in [0.717, 1.165) is 6.54 Å². The van der Waals surface area contributed by atoms with Gasteiger partial charge in [-0.25, -0.2) is 0 Å². The molecule has 0 spiro atoms. The SMILES string of the molecule is CN=C(NCCCN(C)CC(F)(F)F)NCC(C)c1ccsc1. The molecule has 1 aromatic heterocycles. The lowest BCUT2D eigenvalue weighted by atomic mass is 10.1. The molecule has 1 heterocycles. The van der Waals surface area contributed by atoms with E-state index in [4.69, 9.17) is 0 Å². The van der Waals surface area contributed by atoms with Gasteiger partial charge < -0.3 is 10.6 Å². The highest BCUT2D eigenvalue weighted by molar-refractivity contribution is 7.07. The van der Waals surface area contributed by atoms with Crippen LogP contribution in [0.15, 0.2) is 21.8 Å². The van der Waals surface area contributed by atoms with Crippen LogP contribution in [-0.2, 0) is 0 Å². The number of nitrogens with one attached hydrogen (secondary N) is 2. The van der Waals surface area contributed by atoms with Gasteiger partial charge >= 0.3 is 6.18 Å². The minimum Gasteiger partial charge on any atom is -0.356 e. The molecule has 0 aliphatic carbocycles. The summed E-state index contributed by atoms with van der Waals surface area (Å²) in [6, 6.07) is 2.10. The maximum absolute atomic E-state index is 12.2. The molecule has 0 radical (unpaired) electrons. The van der Waals surface area contributed by atoms with Crippen molar-refractivity contribution < 1.29 is 13.2 Å². The Balaban J connectivity index is 2.19. The van der Waals surface area contributed by atoms with Gasteiger partial charge in [0.05, 0.1) is 6.54 Å². The number of hydrogen-bond donors (Lipinski definition) is 2. The Morgan fingerprint density at radius 3 is 2.70 bits per heavy atom. The predicted octanol–water partition coefficient (Wildman–Crippen LogP) is 2.90. The van der Waals surface area contributed by atoms with E-state index < -0.39 is 12.7 Å². The highest BCUT2D eigenvalue weighted by Gasteiger charge is 2.28. The first-order chi connectivity index (χ1) is 10.8. The smallest absolute Gasteiger partial charge is 0.356 e. The van der Waals surface area contributed by atoms with E-state index in [2.05, 4.69) is 39.4 Å². The second kappa shape index (κ2) is 9.77. The number of hydrogen-bond acceptors (Lipinski definition) is 3. The molecule has 1 aromatic rings. The van der Waals surface area contributed by atoms with Gasteiger partial charge in [-0.3, -0.25) is 9.89 Å². The Labute approximate surface area is 139 Å². The molecule has 0 aliphatic heterocycles. The van der Waals surface area contributed by atoms with Crippen molar-refractivity contribution in [3.05, 3.63) is 22.4 Å². The molecule has 0 fully saturated rings. The molecular weight excluding hydrogens is 325 g/mol. The average molecular weight is 350 g/mol. The average Bonchev–Trinajstić information content (AvgIpc) is 2.98. The van der Waals surface area contributed by atoms with E-state index in [1.54, 1.807) is 18.4 Å². The molecule has 4 nitrogen and oxygen atoms in total. The molecule has 132 valence electrons. The van der Waals surface area contributed by atoms with Crippen LogP contribution in [0.2, 0.25) is 0 Å². The van der Waals surface area contributed by atoms with Gasteiger partial charge in [-0.1, -0.05) is 6.92 Å². The van der Waals surface area contributed by atoms with Crippen molar-refractivity contribution in [3.8, 4) is 0 Å². The summed E-state index contributed by atoms with van der Waals surface area (Å²) in [5.74, 6) is 1.04. The van der Waals surface area contributed by atoms with E-state index in [1.807, 2.05) is 0 Å². The largest absolute Gasteiger partial charge is 0.401 e. The van der Waals surface area contributed by atoms with Crippen molar-refractivity contribution in [2.45, 2.75) is 25.4 Å². The van der Waals surface area contributed by atoms with Crippen LogP contribution in [0.5, 0.6) is 0 Å². The molecule has 0 aliphatic rings. The lowest BCUT2D eigenvalue weighted by Crippen LogP contribution is -2.40. The number of aliphatic imine (C=N–C) groups is 1. The maximum Gasteiger partial charge on any atom is 0.401 e. The van der Waals surface area contributed by atoms with E-state index >= 15 is 0 Å². The number of halogens is 3. The summed E-state index contributed by atoms with van der Waals surface area (Å²) in [4.78, 5) is 5.40. The Morgan fingerprint density at radius 2 is 2.13 bits per heavy atom. The lowest BCUT2D eigenvalue weighted by Gasteiger charge is -2.19.